The Labute approximate surface area is 138 Å². The molecule has 0 bridgehead atoms. The van der Waals surface area contributed by atoms with Crippen molar-refractivity contribution in [3.63, 3.8) is 0 Å². The van der Waals surface area contributed by atoms with Gasteiger partial charge in [0, 0.05) is 29.9 Å². The number of anilines is 1. The molecule has 0 saturated carbocycles. The molecule has 7 heteroatoms. The topological polar surface area (TPSA) is 98.5 Å². The van der Waals surface area contributed by atoms with Crippen LogP contribution >= 0.6 is 0 Å². The molecule has 0 heterocycles. The van der Waals surface area contributed by atoms with Crippen LogP contribution in [0.15, 0.2) is 42.5 Å². The fraction of sp³-hybridized carbons (Fsp3) is 0.176. The lowest BCUT2D eigenvalue weighted by atomic mass is 10.1. The summed E-state index contributed by atoms with van der Waals surface area (Å²) >= 11 is 0. The predicted octanol–water partition coefficient (Wildman–Crippen LogP) is 2.98. The van der Waals surface area contributed by atoms with Gasteiger partial charge in [0.05, 0.1) is 10.5 Å². The molecule has 0 aliphatic carbocycles. The van der Waals surface area contributed by atoms with Gasteiger partial charge in [-0.1, -0.05) is 24.3 Å². The first-order chi connectivity index (χ1) is 11.4. The van der Waals surface area contributed by atoms with Crippen LogP contribution in [0.1, 0.15) is 26.3 Å². The van der Waals surface area contributed by atoms with Crippen LogP contribution in [0.4, 0.5) is 11.4 Å². The number of nitro groups is 1. The molecule has 0 amide bonds. The molecule has 0 aliphatic rings. The smallest absolute Gasteiger partial charge is 0.340 e. The number of nitrogens with one attached hydrogen (secondary N) is 1. The van der Waals surface area contributed by atoms with Crippen molar-refractivity contribution in [1.29, 1.82) is 0 Å². The highest BCUT2D eigenvalue weighted by atomic mass is 16.6. The summed E-state index contributed by atoms with van der Waals surface area (Å²) in [5.74, 6) is -1.15. The van der Waals surface area contributed by atoms with E-state index in [-0.39, 0.29) is 11.3 Å². The molecule has 2 rings (SSSR count). The fourth-order valence-corrected chi connectivity index (χ4v) is 2.15. The average molecular weight is 328 g/mol. The Morgan fingerprint density at radius 3 is 2.58 bits per heavy atom. The lowest BCUT2D eigenvalue weighted by Gasteiger charge is -2.09. The number of aryl methyl sites for hydroxylation is 1. The summed E-state index contributed by atoms with van der Waals surface area (Å²) < 4.78 is 5.02. The number of hydrogen-bond donors (Lipinski definition) is 1. The van der Waals surface area contributed by atoms with Crippen molar-refractivity contribution >= 4 is 23.1 Å². The van der Waals surface area contributed by atoms with Crippen molar-refractivity contribution in [3.05, 3.63) is 69.3 Å². The van der Waals surface area contributed by atoms with Crippen molar-refractivity contribution < 1.29 is 19.2 Å². The Bertz CT molecular complexity index is 801. The number of benzene rings is 2. The Kier molecular flexibility index (Phi) is 5.26. The van der Waals surface area contributed by atoms with Crippen molar-refractivity contribution in [2.75, 3.05) is 19.0 Å². The minimum absolute atomic E-state index is 0.127. The van der Waals surface area contributed by atoms with E-state index in [0.29, 0.717) is 16.8 Å². The van der Waals surface area contributed by atoms with Crippen LogP contribution in [-0.4, -0.2) is 30.3 Å². The number of rotatable bonds is 6. The maximum Gasteiger partial charge on any atom is 0.340 e. The van der Waals surface area contributed by atoms with E-state index < -0.39 is 23.3 Å². The Balaban J connectivity index is 2.09. The molecule has 124 valence electrons. The van der Waals surface area contributed by atoms with E-state index in [0.717, 1.165) is 0 Å². The summed E-state index contributed by atoms with van der Waals surface area (Å²) in [4.78, 5) is 34.5. The van der Waals surface area contributed by atoms with E-state index in [1.807, 2.05) is 0 Å². The van der Waals surface area contributed by atoms with Gasteiger partial charge in [0.2, 0.25) is 5.78 Å². The lowest BCUT2D eigenvalue weighted by Crippen LogP contribution is -2.15. The maximum absolute atomic E-state index is 12.1. The highest BCUT2D eigenvalue weighted by molar-refractivity contribution is 6.01. The summed E-state index contributed by atoms with van der Waals surface area (Å²) in [5.41, 5.74) is 1.33. The van der Waals surface area contributed by atoms with E-state index in [4.69, 9.17) is 4.74 Å². The predicted molar refractivity (Wildman–Crippen MR) is 88.4 cm³/mol. The zero-order chi connectivity index (χ0) is 17.7. The zero-order valence-corrected chi connectivity index (χ0v) is 13.2. The molecule has 0 aromatic heterocycles. The standard InChI is InChI=1S/C17H16N2O5/c1-11-7-8-12(9-15(11)19(22)23)16(20)10-24-17(21)13-5-3-4-6-14(13)18-2/h3-9,18H,10H2,1-2H3. The second kappa shape index (κ2) is 7.36. The molecule has 0 saturated heterocycles. The van der Waals surface area contributed by atoms with Gasteiger partial charge < -0.3 is 10.1 Å². The normalized spacial score (nSPS) is 10.1. The Hall–Kier alpha value is -3.22. The molecular weight excluding hydrogens is 312 g/mol. The third-order valence-corrected chi connectivity index (χ3v) is 3.48. The number of carbonyl (C=O) groups excluding carboxylic acids is 2. The van der Waals surface area contributed by atoms with Crippen molar-refractivity contribution in [1.82, 2.24) is 0 Å². The second-order valence-electron chi connectivity index (χ2n) is 5.05. The number of para-hydroxylation sites is 1. The highest BCUT2D eigenvalue weighted by Gasteiger charge is 2.17. The lowest BCUT2D eigenvalue weighted by molar-refractivity contribution is -0.385. The van der Waals surface area contributed by atoms with Gasteiger partial charge in [-0.05, 0) is 19.1 Å². The number of hydrogen-bond acceptors (Lipinski definition) is 6. The minimum atomic E-state index is -0.644. The van der Waals surface area contributed by atoms with Crippen LogP contribution < -0.4 is 5.32 Å². The number of carbonyl (C=O) groups is 2. The largest absolute Gasteiger partial charge is 0.454 e. The molecule has 0 radical (unpaired) electrons. The molecule has 24 heavy (non-hydrogen) atoms. The van der Waals surface area contributed by atoms with E-state index in [1.54, 1.807) is 38.2 Å². The Morgan fingerprint density at radius 1 is 1.21 bits per heavy atom. The van der Waals surface area contributed by atoms with Gasteiger partial charge in [0.1, 0.15) is 0 Å². The molecule has 1 N–H and O–H groups in total. The first-order valence-corrected chi connectivity index (χ1v) is 7.16. The fourth-order valence-electron chi connectivity index (χ4n) is 2.15. The number of nitrogens with zero attached hydrogens (tertiary/aromatic N) is 1. The van der Waals surface area contributed by atoms with Gasteiger partial charge in [-0.25, -0.2) is 4.79 Å². The summed E-state index contributed by atoms with van der Waals surface area (Å²) in [7, 11) is 1.67. The SMILES string of the molecule is CNc1ccccc1C(=O)OCC(=O)c1ccc(C)c([N+](=O)[O-])c1. The molecular formula is C17H16N2O5. The summed E-state index contributed by atoms with van der Waals surface area (Å²) in [6.07, 6.45) is 0. The van der Waals surface area contributed by atoms with Crippen LogP contribution in [0.2, 0.25) is 0 Å². The third kappa shape index (κ3) is 3.75. The van der Waals surface area contributed by atoms with Gasteiger partial charge in [-0.3, -0.25) is 14.9 Å². The Morgan fingerprint density at radius 2 is 1.92 bits per heavy atom. The number of ketones is 1. The number of ether oxygens (including phenoxy) is 1. The van der Waals surface area contributed by atoms with Crippen LogP contribution in [0, 0.1) is 17.0 Å². The van der Waals surface area contributed by atoms with Crippen LogP contribution in [-0.2, 0) is 4.74 Å². The number of nitro benzene ring substituents is 1. The molecule has 0 fully saturated rings. The van der Waals surface area contributed by atoms with E-state index >= 15 is 0 Å². The summed E-state index contributed by atoms with van der Waals surface area (Å²) in [6, 6.07) is 10.9. The second-order valence-corrected chi connectivity index (χ2v) is 5.05. The molecule has 2 aromatic rings. The summed E-state index contributed by atoms with van der Waals surface area (Å²) in [5, 5.41) is 13.8. The van der Waals surface area contributed by atoms with Crippen LogP contribution in [0.25, 0.3) is 0 Å². The molecule has 0 unspecified atom stereocenters. The average Bonchev–Trinajstić information content (AvgIpc) is 2.59. The van der Waals surface area contributed by atoms with E-state index in [2.05, 4.69) is 5.32 Å². The van der Waals surface area contributed by atoms with Gasteiger partial charge in [-0.2, -0.15) is 0 Å². The van der Waals surface area contributed by atoms with E-state index in [1.165, 1.54) is 18.2 Å². The maximum atomic E-state index is 12.1. The highest BCUT2D eigenvalue weighted by Crippen LogP contribution is 2.20. The van der Waals surface area contributed by atoms with Crippen molar-refractivity contribution in [2.45, 2.75) is 6.92 Å². The molecule has 0 aliphatic heterocycles. The monoisotopic (exact) mass is 328 g/mol. The molecule has 7 nitrogen and oxygen atoms in total. The van der Waals surface area contributed by atoms with Crippen molar-refractivity contribution in [2.24, 2.45) is 0 Å². The van der Waals surface area contributed by atoms with Crippen molar-refractivity contribution in [3.8, 4) is 0 Å². The molecule has 0 atom stereocenters. The van der Waals surface area contributed by atoms with Crippen LogP contribution in [0.5, 0.6) is 0 Å². The zero-order valence-electron chi connectivity index (χ0n) is 13.2. The van der Waals surface area contributed by atoms with Crippen LogP contribution in [0.3, 0.4) is 0 Å². The summed E-state index contributed by atoms with van der Waals surface area (Å²) in [6.45, 7) is 1.10. The van der Waals surface area contributed by atoms with Gasteiger partial charge in [-0.15, -0.1) is 0 Å². The first-order valence-electron chi connectivity index (χ1n) is 7.16. The quantitative estimate of drug-likeness (QED) is 0.379. The van der Waals surface area contributed by atoms with Gasteiger partial charge in [0.15, 0.2) is 6.61 Å². The molecule has 2 aromatic carbocycles. The number of Topliss-reactive ketones (excluding diaryl/α,β-unsaturated/α-hetero) is 1. The van der Waals surface area contributed by atoms with Gasteiger partial charge >= 0.3 is 5.97 Å². The number of esters is 1. The third-order valence-electron chi connectivity index (χ3n) is 3.48. The van der Waals surface area contributed by atoms with Gasteiger partial charge in [0.25, 0.3) is 5.69 Å². The minimum Gasteiger partial charge on any atom is -0.454 e. The van der Waals surface area contributed by atoms with E-state index in [9.17, 15) is 19.7 Å². The first kappa shape index (κ1) is 17.1. The molecule has 0 spiro atoms.